The Morgan fingerprint density at radius 3 is 2.57 bits per heavy atom. The Kier molecular flexibility index (Phi) is 5.92. The molecule has 0 radical (unpaired) electrons. The Balaban J connectivity index is 2.05. The van der Waals surface area contributed by atoms with E-state index in [0.717, 1.165) is 37.2 Å². The Hall–Kier alpha value is -1.22. The summed E-state index contributed by atoms with van der Waals surface area (Å²) in [7, 11) is 0. The molecule has 1 aromatic carbocycles. The molecule has 0 spiro atoms. The molecule has 2 rings (SSSR count). The van der Waals surface area contributed by atoms with Gasteiger partial charge in [0.15, 0.2) is 11.5 Å². The van der Waals surface area contributed by atoms with Crippen LogP contribution in [0.15, 0.2) is 24.3 Å². The first kappa shape index (κ1) is 16.2. The number of ether oxygens (including phenoxy) is 2. The molecule has 3 heteroatoms. The lowest BCUT2D eigenvalue weighted by atomic mass is 9.79. The van der Waals surface area contributed by atoms with Crippen LogP contribution >= 0.6 is 0 Å². The largest absolute Gasteiger partial charge is 0.490 e. The molecule has 21 heavy (non-hydrogen) atoms. The van der Waals surface area contributed by atoms with Crippen LogP contribution in [0.1, 0.15) is 46.5 Å². The summed E-state index contributed by atoms with van der Waals surface area (Å²) in [4.78, 5) is 0. The van der Waals surface area contributed by atoms with Crippen molar-refractivity contribution in [3.8, 4) is 11.5 Å². The first-order chi connectivity index (χ1) is 10.1. The molecule has 1 N–H and O–H groups in total. The molecule has 0 amide bonds. The molecular formula is C18H28O3. The third kappa shape index (κ3) is 4.37. The van der Waals surface area contributed by atoms with E-state index >= 15 is 0 Å². The van der Waals surface area contributed by atoms with Crippen LogP contribution in [-0.4, -0.2) is 23.9 Å². The molecule has 0 heterocycles. The summed E-state index contributed by atoms with van der Waals surface area (Å²) in [5, 5.41) is 10.2. The summed E-state index contributed by atoms with van der Waals surface area (Å²) in [5.41, 5.74) is 0. The van der Waals surface area contributed by atoms with Gasteiger partial charge in [0.2, 0.25) is 0 Å². The fraction of sp³-hybridized carbons (Fsp3) is 0.667. The maximum Gasteiger partial charge on any atom is 0.161 e. The van der Waals surface area contributed by atoms with Gasteiger partial charge in [-0.15, -0.1) is 0 Å². The van der Waals surface area contributed by atoms with Gasteiger partial charge in [-0.05, 0) is 49.7 Å². The molecule has 1 saturated carbocycles. The van der Waals surface area contributed by atoms with Crippen LogP contribution in [0.3, 0.4) is 0 Å². The van der Waals surface area contributed by atoms with Gasteiger partial charge in [-0.3, -0.25) is 0 Å². The predicted octanol–water partition coefficient (Wildman–Crippen LogP) is 4.04. The smallest absolute Gasteiger partial charge is 0.161 e. The van der Waals surface area contributed by atoms with Crippen molar-refractivity contribution in [3.63, 3.8) is 0 Å². The predicted molar refractivity (Wildman–Crippen MR) is 84.8 cm³/mol. The molecule has 3 atom stereocenters. The lowest BCUT2D eigenvalue weighted by Crippen LogP contribution is -2.39. The first-order valence-electron chi connectivity index (χ1n) is 8.18. The highest BCUT2D eigenvalue weighted by atomic mass is 16.5. The SMILES string of the molecule is CCCOc1ccccc1OC1CC(C(C)C)CCC1O. The number of para-hydroxylation sites is 2. The van der Waals surface area contributed by atoms with E-state index in [1.165, 1.54) is 0 Å². The summed E-state index contributed by atoms with van der Waals surface area (Å²) in [5.74, 6) is 2.79. The van der Waals surface area contributed by atoms with Crippen molar-refractivity contribution in [3.05, 3.63) is 24.3 Å². The van der Waals surface area contributed by atoms with E-state index in [9.17, 15) is 5.11 Å². The minimum absolute atomic E-state index is 0.127. The van der Waals surface area contributed by atoms with Gasteiger partial charge in [0.1, 0.15) is 6.10 Å². The van der Waals surface area contributed by atoms with E-state index in [1.54, 1.807) is 0 Å². The second-order valence-corrected chi connectivity index (χ2v) is 6.34. The molecular weight excluding hydrogens is 264 g/mol. The summed E-state index contributed by atoms with van der Waals surface area (Å²) >= 11 is 0. The highest BCUT2D eigenvalue weighted by Crippen LogP contribution is 2.35. The third-order valence-electron chi connectivity index (χ3n) is 4.33. The summed E-state index contributed by atoms with van der Waals surface area (Å²) in [6.07, 6.45) is 3.30. The van der Waals surface area contributed by atoms with Crippen LogP contribution in [-0.2, 0) is 0 Å². The van der Waals surface area contributed by atoms with Gasteiger partial charge in [0.05, 0.1) is 12.7 Å². The average Bonchev–Trinajstić information content (AvgIpc) is 2.48. The zero-order valence-electron chi connectivity index (χ0n) is 13.4. The normalized spacial score (nSPS) is 25.9. The second-order valence-electron chi connectivity index (χ2n) is 6.34. The lowest BCUT2D eigenvalue weighted by Gasteiger charge is -2.35. The van der Waals surface area contributed by atoms with Gasteiger partial charge in [-0.2, -0.15) is 0 Å². The van der Waals surface area contributed by atoms with Crippen LogP contribution in [0.5, 0.6) is 11.5 Å². The molecule has 0 aromatic heterocycles. The topological polar surface area (TPSA) is 38.7 Å². The summed E-state index contributed by atoms with van der Waals surface area (Å²) < 4.78 is 11.8. The minimum Gasteiger partial charge on any atom is -0.490 e. The van der Waals surface area contributed by atoms with Crippen LogP contribution in [0.2, 0.25) is 0 Å². The van der Waals surface area contributed by atoms with Gasteiger partial charge in [-0.1, -0.05) is 32.9 Å². The monoisotopic (exact) mass is 292 g/mol. The van der Waals surface area contributed by atoms with E-state index in [0.29, 0.717) is 18.4 Å². The molecule has 118 valence electrons. The van der Waals surface area contributed by atoms with Crippen molar-refractivity contribution < 1.29 is 14.6 Å². The van der Waals surface area contributed by atoms with Crippen LogP contribution in [0.4, 0.5) is 0 Å². The highest BCUT2D eigenvalue weighted by molar-refractivity contribution is 5.39. The summed E-state index contributed by atoms with van der Waals surface area (Å²) in [6, 6.07) is 7.76. The number of hydrogen-bond donors (Lipinski definition) is 1. The zero-order valence-corrected chi connectivity index (χ0v) is 13.4. The first-order valence-corrected chi connectivity index (χ1v) is 8.18. The molecule has 1 aliphatic carbocycles. The Labute approximate surface area is 128 Å². The Morgan fingerprint density at radius 1 is 1.19 bits per heavy atom. The average molecular weight is 292 g/mol. The number of hydrogen-bond acceptors (Lipinski definition) is 3. The second kappa shape index (κ2) is 7.69. The summed E-state index contributed by atoms with van der Waals surface area (Å²) in [6.45, 7) is 7.26. The van der Waals surface area contributed by atoms with E-state index in [4.69, 9.17) is 9.47 Å². The van der Waals surface area contributed by atoms with Crippen molar-refractivity contribution in [2.75, 3.05) is 6.61 Å². The molecule has 3 nitrogen and oxygen atoms in total. The molecule has 0 saturated heterocycles. The number of aliphatic hydroxyl groups excluding tert-OH is 1. The minimum atomic E-state index is -0.376. The molecule has 1 fully saturated rings. The van der Waals surface area contributed by atoms with Crippen molar-refractivity contribution in [2.45, 2.75) is 58.7 Å². The number of rotatable bonds is 6. The van der Waals surface area contributed by atoms with Gasteiger partial charge in [0.25, 0.3) is 0 Å². The molecule has 1 aliphatic rings. The maximum absolute atomic E-state index is 10.2. The third-order valence-corrected chi connectivity index (χ3v) is 4.33. The maximum atomic E-state index is 10.2. The molecule has 3 unspecified atom stereocenters. The highest BCUT2D eigenvalue weighted by Gasteiger charge is 2.32. The van der Waals surface area contributed by atoms with E-state index in [1.807, 2.05) is 24.3 Å². The Bertz CT molecular complexity index is 430. The van der Waals surface area contributed by atoms with Crippen LogP contribution in [0, 0.1) is 11.8 Å². The van der Waals surface area contributed by atoms with Crippen molar-refractivity contribution >= 4 is 0 Å². The Morgan fingerprint density at radius 2 is 1.90 bits per heavy atom. The van der Waals surface area contributed by atoms with Gasteiger partial charge in [0, 0.05) is 0 Å². The fourth-order valence-corrected chi connectivity index (χ4v) is 2.92. The quantitative estimate of drug-likeness (QED) is 0.860. The van der Waals surface area contributed by atoms with Crippen molar-refractivity contribution in [2.24, 2.45) is 11.8 Å². The number of aliphatic hydroxyl groups is 1. The van der Waals surface area contributed by atoms with Crippen LogP contribution < -0.4 is 9.47 Å². The zero-order chi connectivity index (χ0) is 15.2. The van der Waals surface area contributed by atoms with Gasteiger partial charge < -0.3 is 14.6 Å². The standard InChI is InChI=1S/C18H28O3/c1-4-11-20-16-7-5-6-8-17(16)21-18-12-14(13(2)3)9-10-15(18)19/h5-8,13-15,18-19H,4,9-12H2,1-3H3. The molecule has 1 aromatic rings. The van der Waals surface area contributed by atoms with Crippen molar-refractivity contribution in [1.29, 1.82) is 0 Å². The lowest BCUT2D eigenvalue weighted by molar-refractivity contribution is -0.0188. The molecule has 0 bridgehead atoms. The van der Waals surface area contributed by atoms with E-state index in [-0.39, 0.29) is 12.2 Å². The van der Waals surface area contributed by atoms with E-state index in [2.05, 4.69) is 20.8 Å². The van der Waals surface area contributed by atoms with E-state index < -0.39 is 0 Å². The van der Waals surface area contributed by atoms with Gasteiger partial charge in [-0.25, -0.2) is 0 Å². The van der Waals surface area contributed by atoms with Crippen LogP contribution in [0.25, 0.3) is 0 Å². The fourth-order valence-electron chi connectivity index (χ4n) is 2.92. The van der Waals surface area contributed by atoms with Gasteiger partial charge >= 0.3 is 0 Å². The van der Waals surface area contributed by atoms with Crippen molar-refractivity contribution in [1.82, 2.24) is 0 Å². The molecule has 0 aliphatic heterocycles. The number of benzene rings is 1.